The Labute approximate surface area is 319 Å². The van der Waals surface area contributed by atoms with Crippen molar-refractivity contribution in [1.82, 2.24) is 5.32 Å². The number of hydrogen-bond donors (Lipinski definition) is 1. The molecule has 1 aromatic heterocycles. The van der Waals surface area contributed by atoms with Gasteiger partial charge in [-0.25, -0.2) is 9.98 Å². The van der Waals surface area contributed by atoms with Crippen LogP contribution in [0.3, 0.4) is 0 Å². The number of amidine groups is 2. The minimum atomic E-state index is -0.315. The fourth-order valence-corrected chi connectivity index (χ4v) is 7.61. The highest BCUT2D eigenvalue weighted by molar-refractivity contribution is 6.14. The Bertz CT molecular complexity index is 2890. The van der Waals surface area contributed by atoms with Gasteiger partial charge in [-0.05, 0) is 57.1 Å². The summed E-state index contributed by atoms with van der Waals surface area (Å²) >= 11 is 0. The van der Waals surface area contributed by atoms with Crippen LogP contribution in [-0.2, 0) is 0 Å². The summed E-state index contributed by atoms with van der Waals surface area (Å²) in [5.41, 5.74) is 13.7. The highest BCUT2D eigenvalue weighted by Crippen LogP contribution is 2.40. The monoisotopic (exact) mass is 705 g/mol. The predicted octanol–water partition coefficient (Wildman–Crippen LogP) is 12.7. The Morgan fingerprint density at radius 2 is 0.855 bits per heavy atom. The zero-order chi connectivity index (χ0) is 36.6. The Hall–Kier alpha value is -7.30. The molecule has 1 aliphatic rings. The molecule has 1 aliphatic heterocycles. The number of nitrogens with zero attached hydrogens (tertiary/aromatic N) is 2. The van der Waals surface area contributed by atoms with Gasteiger partial charge in [0.2, 0.25) is 0 Å². The number of rotatable bonds is 7. The Morgan fingerprint density at radius 1 is 0.382 bits per heavy atom. The van der Waals surface area contributed by atoms with Crippen molar-refractivity contribution in [2.75, 3.05) is 0 Å². The maximum atomic E-state index is 6.76. The second-order valence-electron chi connectivity index (χ2n) is 13.8. The molecule has 0 fully saturated rings. The van der Waals surface area contributed by atoms with Crippen LogP contribution < -0.4 is 5.32 Å². The van der Waals surface area contributed by atoms with Gasteiger partial charge in [0.1, 0.15) is 23.2 Å². The van der Waals surface area contributed by atoms with Crippen LogP contribution in [0, 0.1) is 0 Å². The zero-order valence-corrected chi connectivity index (χ0v) is 29.9. The second-order valence-corrected chi connectivity index (χ2v) is 13.8. The number of furan rings is 1. The first-order valence-electron chi connectivity index (χ1n) is 18.6. The number of fused-ring (bicyclic) bond motifs is 3. The average Bonchev–Trinajstić information content (AvgIpc) is 3.67. The quantitative estimate of drug-likeness (QED) is 0.179. The summed E-state index contributed by atoms with van der Waals surface area (Å²) in [6, 6.07) is 69.8. The van der Waals surface area contributed by atoms with E-state index in [9.17, 15) is 0 Å². The van der Waals surface area contributed by atoms with E-state index in [1.165, 1.54) is 5.56 Å². The molecule has 0 saturated heterocycles. The molecular formula is C51H35N3O. The van der Waals surface area contributed by atoms with Gasteiger partial charge < -0.3 is 9.73 Å². The molecular weight excluding hydrogens is 671 g/mol. The van der Waals surface area contributed by atoms with Gasteiger partial charge in [0.05, 0.1) is 0 Å². The summed E-state index contributed by atoms with van der Waals surface area (Å²) in [6.45, 7) is 0. The molecule has 4 nitrogen and oxygen atoms in total. The standard InChI is InChI=1S/C51H35N3O/c1-4-15-34(16-5-1)37-21-11-25-41(32-37)50-52-49(36-19-8-3-9-20-36)53-51(54-50)42-26-12-23-39(33-42)38-22-10-24-40(31-38)44-28-14-30-46-45-29-13-27-43(47(45)55-48(44)46)35-17-6-2-7-18-35/h1-33,50H,(H,52,53,54). The van der Waals surface area contributed by atoms with Gasteiger partial charge in [-0.2, -0.15) is 0 Å². The number of nitrogens with one attached hydrogen (secondary N) is 1. The van der Waals surface area contributed by atoms with Gasteiger partial charge in [-0.3, -0.25) is 0 Å². The summed E-state index contributed by atoms with van der Waals surface area (Å²) in [6.07, 6.45) is -0.315. The van der Waals surface area contributed by atoms with Gasteiger partial charge in [-0.1, -0.05) is 182 Å². The lowest BCUT2D eigenvalue weighted by Gasteiger charge is -2.24. The molecule has 10 rings (SSSR count). The van der Waals surface area contributed by atoms with E-state index in [1.54, 1.807) is 0 Å². The lowest BCUT2D eigenvalue weighted by Crippen LogP contribution is -2.33. The fraction of sp³-hybridized carbons (Fsp3) is 0.0196. The minimum Gasteiger partial charge on any atom is -0.455 e. The highest BCUT2D eigenvalue weighted by atomic mass is 16.3. The van der Waals surface area contributed by atoms with E-state index in [1.807, 2.05) is 30.3 Å². The van der Waals surface area contributed by atoms with Crippen molar-refractivity contribution in [2.24, 2.45) is 9.98 Å². The number of hydrogen-bond acceptors (Lipinski definition) is 4. The maximum absolute atomic E-state index is 6.76. The molecule has 2 heterocycles. The number of aliphatic imine (C=N–C) groups is 2. The molecule has 260 valence electrons. The molecule has 1 unspecified atom stereocenters. The van der Waals surface area contributed by atoms with E-state index >= 15 is 0 Å². The average molecular weight is 706 g/mol. The van der Waals surface area contributed by atoms with Crippen molar-refractivity contribution < 1.29 is 4.42 Å². The summed E-state index contributed by atoms with van der Waals surface area (Å²) in [5.74, 6) is 1.48. The van der Waals surface area contributed by atoms with Crippen LogP contribution in [0.25, 0.3) is 66.4 Å². The molecule has 0 bridgehead atoms. The normalized spacial score (nSPS) is 14.0. The lowest BCUT2D eigenvalue weighted by molar-refractivity contribution is 0.671. The molecule has 9 aromatic rings. The van der Waals surface area contributed by atoms with Gasteiger partial charge >= 0.3 is 0 Å². The molecule has 1 N–H and O–H groups in total. The van der Waals surface area contributed by atoms with Crippen LogP contribution in [0.2, 0.25) is 0 Å². The topological polar surface area (TPSA) is 49.9 Å². The minimum absolute atomic E-state index is 0.315. The van der Waals surface area contributed by atoms with E-state index in [2.05, 4.69) is 175 Å². The van der Waals surface area contributed by atoms with Gasteiger partial charge in [-0.15, -0.1) is 0 Å². The Balaban J connectivity index is 1.03. The molecule has 1 atom stereocenters. The summed E-state index contributed by atoms with van der Waals surface area (Å²) < 4.78 is 6.76. The van der Waals surface area contributed by atoms with Crippen molar-refractivity contribution in [1.29, 1.82) is 0 Å². The van der Waals surface area contributed by atoms with Crippen molar-refractivity contribution in [2.45, 2.75) is 6.17 Å². The lowest BCUT2D eigenvalue weighted by atomic mass is 9.96. The predicted molar refractivity (Wildman–Crippen MR) is 227 cm³/mol. The largest absolute Gasteiger partial charge is 0.455 e. The Kier molecular flexibility index (Phi) is 8.19. The first-order chi connectivity index (χ1) is 27.2. The van der Waals surface area contributed by atoms with E-state index in [4.69, 9.17) is 14.4 Å². The molecule has 0 amide bonds. The smallest absolute Gasteiger partial charge is 0.159 e. The fourth-order valence-electron chi connectivity index (χ4n) is 7.61. The zero-order valence-electron chi connectivity index (χ0n) is 29.9. The van der Waals surface area contributed by atoms with Crippen LogP contribution in [-0.4, -0.2) is 11.7 Å². The third-order valence-corrected chi connectivity index (χ3v) is 10.3. The summed E-state index contributed by atoms with van der Waals surface area (Å²) in [5, 5.41) is 5.85. The van der Waals surface area contributed by atoms with Crippen molar-refractivity contribution >= 4 is 33.6 Å². The van der Waals surface area contributed by atoms with Gasteiger partial charge in [0.15, 0.2) is 5.84 Å². The number of benzene rings is 8. The van der Waals surface area contributed by atoms with Crippen molar-refractivity contribution in [3.63, 3.8) is 0 Å². The van der Waals surface area contributed by atoms with Crippen LogP contribution in [0.5, 0.6) is 0 Å². The first kappa shape index (κ1) is 32.4. The van der Waals surface area contributed by atoms with Crippen molar-refractivity contribution in [3.8, 4) is 44.5 Å². The molecule has 0 spiro atoms. The SMILES string of the molecule is c1ccc(C2=NC(c3cccc(-c4cccc(-c5cccc6c5oc5c(-c7ccccc7)cccc56)c4)c3)=NC(c3cccc(-c4ccccc4)c3)N2)cc1. The molecule has 0 aliphatic carbocycles. The molecule has 4 heteroatoms. The molecule has 55 heavy (non-hydrogen) atoms. The van der Waals surface area contributed by atoms with E-state index in [0.29, 0.717) is 5.84 Å². The first-order valence-corrected chi connectivity index (χ1v) is 18.6. The van der Waals surface area contributed by atoms with Crippen LogP contribution in [0.15, 0.2) is 215 Å². The summed E-state index contributed by atoms with van der Waals surface area (Å²) in [7, 11) is 0. The van der Waals surface area contributed by atoms with Crippen LogP contribution >= 0.6 is 0 Å². The van der Waals surface area contributed by atoms with Gasteiger partial charge in [0.25, 0.3) is 0 Å². The Morgan fingerprint density at radius 3 is 1.51 bits per heavy atom. The van der Waals surface area contributed by atoms with Crippen LogP contribution in [0.1, 0.15) is 22.9 Å². The third-order valence-electron chi connectivity index (χ3n) is 10.3. The van der Waals surface area contributed by atoms with Crippen LogP contribution in [0.4, 0.5) is 0 Å². The van der Waals surface area contributed by atoms with E-state index < -0.39 is 0 Å². The molecule has 0 saturated carbocycles. The van der Waals surface area contributed by atoms with Gasteiger partial charge in [0, 0.05) is 33.0 Å². The summed E-state index contributed by atoms with van der Waals surface area (Å²) in [4.78, 5) is 10.3. The maximum Gasteiger partial charge on any atom is 0.159 e. The number of para-hydroxylation sites is 2. The van der Waals surface area contributed by atoms with E-state index in [-0.39, 0.29) is 6.17 Å². The molecule has 0 radical (unpaired) electrons. The second kappa shape index (κ2) is 13.9. The van der Waals surface area contributed by atoms with Crippen molar-refractivity contribution in [3.05, 3.63) is 217 Å². The molecule has 8 aromatic carbocycles. The van der Waals surface area contributed by atoms with E-state index in [0.717, 1.165) is 83.4 Å². The third kappa shape index (κ3) is 6.20. The highest BCUT2D eigenvalue weighted by Gasteiger charge is 2.22.